The highest BCUT2D eigenvalue weighted by atomic mass is 32.1. The molecule has 1 fully saturated rings. The first-order valence-corrected chi connectivity index (χ1v) is 13.9. The Kier molecular flexibility index (Phi) is 8.45. The Balaban J connectivity index is 1.33. The van der Waals surface area contributed by atoms with Crippen LogP contribution in [0.3, 0.4) is 0 Å². The summed E-state index contributed by atoms with van der Waals surface area (Å²) < 4.78 is 16.8. The third-order valence-electron chi connectivity index (χ3n) is 6.74. The number of amides is 3. The molecule has 0 radical (unpaired) electrons. The number of urea groups is 1. The maximum Gasteiger partial charge on any atom is 0.322 e. The zero-order valence-corrected chi connectivity index (χ0v) is 22.4. The summed E-state index contributed by atoms with van der Waals surface area (Å²) in [4.78, 5) is 31.6. The molecule has 3 amide bonds. The number of fused-ring (bicyclic) bond motifs is 1. The monoisotopic (exact) mass is 535 g/mol. The Morgan fingerprint density at radius 3 is 2.68 bits per heavy atom. The van der Waals surface area contributed by atoms with Crippen molar-refractivity contribution in [3.8, 4) is 11.5 Å². The fourth-order valence-corrected chi connectivity index (χ4v) is 5.39. The average Bonchev–Trinajstić information content (AvgIpc) is 3.71. The number of hydrogen-bond donors (Lipinski definition) is 1. The quantitative estimate of drug-likeness (QED) is 0.382. The topological polar surface area (TPSA) is 80.3 Å². The number of carbonyl (C=O) groups is 2. The number of hydrogen-bond acceptors (Lipinski definition) is 6. The van der Waals surface area contributed by atoms with Gasteiger partial charge < -0.3 is 29.3 Å². The van der Waals surface area contributed by atoms with E-state index in [2.05, 4.69) is 12.2 Å². The van der Waals surface area contributed by atoms with Crippen molar-refractivity contribution in [2.75, 3.05) is 31.8 Å². The minimum Gasteiger partial charge on any atom is -0.454 e. The van der Waals surface area contributed by atoms with Crippen molar-refractivity contribution < 1.29 is 23.8 Å². The molecule has 3 heterocycles. The van der Waals surface area contributed by atoms with Crippen molar-refractivity contribution in [2.45, 2.75) is 45.4 Å². The van der Waals surface area contributed by atoms with Crippen LogP contribution in [0.5, 0.6) is 11.5 Å². The van der Waals surface area contributed by atoms with Gasteiger partial charge in [-0.25, -0.2) is 4.79 Å². The van der Waals surface area contributed by atoms with Crippen molar-refractivity contribution in [1.29, 1.82) is 0 Å². The molecule has 1 aromatic heterocycles. The molecule has 38 heavy (non-hydrogen) atoms. The van der Waals surface area contributed by atoms with E-state index in [0.29, 0.717) is 37.7 Å². The molecule has 1 saturated heterocycles. The number of anilines is 1. The molecule has 3 aromatic rings. The minimum absolute atomic E-state index is 0.0465. The van der Waals surface area contributed by atoms with Crippen LogP contribution in [0, 0.1) is 0 Å². The van der Waals surface area contributed by atoms with Crippen molar-refractivity contribution in [2.24, 2.45) is 0 Å². The van der Waals surface area contributed by atoms with Crippen molar-refractivity contribution >= 4 is 29.0 Å². The zero-order chi connectivity index (χ0) is 26.3. The van der Waals surface area contributed by atoms with E-state index in [1.54, 1.807) is 21.1 Å². The summed E-state index contributed by atoms with van der Waals surface area (Å²) in [6, 6.07) is 17.2. The molecule has 2 aliphatic heterocycles. The molecule has 2 aromatic carbocycles. The largest absolute Gasteiger partial charge is 0.454 e. The highest BCUT2D eigenvalue weighted by Crippen LogP contribution is 2.33. The first-order valence-electron chi connectivity index (χ1n) is 13.0. The fourth-order valence-electron chi connectivity index (χ4n) is 4.67. The summed E-state index contributed by atoms with van der Waals surface area (Å²) >= 11 is 1.60. The van der Waals surface area contributed by atoms with Crippen LogP contribution in [0.25, 0.3) is 0 Å². The van der Waals surface area contributed by atoms with E-state index in [4.69, 9.17) is 14.2 Å². The lowest BCUT2D eigenvalue weighted by Crippen LogP contribution is -2.46. The van der Waals surface area contributed by atoms with Crippen molar-refractivity contribution in [3.63, 3.8) is 0 Å². The molecule has 0 saturated carbocycles. The van der Waals surface area contributed by atoms with E-state index in [0.717, 1.165) is 41.0 Å². The molecule has 200 valence electrons. The molecule has 0 unspecified atom stereocenters. The van der Waals surface area contributed by atoms with Crippen LogP contribution in [0.2, 0.25) is 0 Å². The molecule has 0 bridgehead atoms. The zero-order valence-electron chi connectivity index (χ0n) is 21.6. The van der Waals surface area contributed by atoms with Gasteiger partial charge in [0.05, 0.1) is 12.6 Å². The third-order valence-corrected chi connectivity index (χ3v) is 7.60. The first-order chi connectivity index (χ1) is 18.6. The summed E-state index contributed by atoms with van der Waals surface area (Å²) in [5, 5.41) is 4.99. The van der Waals surface area contributed by atoms with Gasteiger partial charge in [-0.3, -0.25) is 4.79 Å². The molecule has 1 atom stereocenters. The fraction of sp³-hybridized carbons (Fsp3) is 0.379. The predicted molar refractivity (Wildman–Crippen MR) is 147 cm³/mol. The van der Waals surface area contributed by atoms with Crippen LogP contribution in [-0.4, -0.2) is 54.3 Å². The maximum absolute atomic E-state index is 13.8. The normalized spacial score (nSPS) is 15.9. The molecule has 2 aliphatic rings. The van der Waals surface area contributed by atoms with E-state index in [1.807, 2.05) is 60.0 Å². The van der Waals surface area contributed by atoms with Gasteiger partial charge in [-0.2, -0.15) is 0 Å². The molecule has 0 spiro atoms. The number of aryl methyl sites for hydroxylation is 1. The second kappa shape index (κ2) is 12.3. The van der Waals surface area contributed by atoms with Gasteiger partial charge in [0.2, 0.25) is 12.7 Å². The molecule has 9 heteroatoms. The van der Waals surface area contributed by atoms with Gasteiger partial charge in [-0.15, -0.1) is 11.3 Å². The maximum atomic E-state index is 13.8. The number of nitrogens with one attached hydrogen (secondary N) is 1. The standard InChI is InChI=1S/C29H33N3O5S/c1-2-21-6-3-7-23(14-21)30-29(34)32(17-24-8-4-12-35-24)19-28(33)31(18-25-9-5-13-38-25)16-22-10-11-26-27(15-22)37-20-36-26/h3,5-7,9-11,13-15,24H,2,4,8,12,16-20H2,1H3,(H,30,34)/t24-/m0/s1. The van der Waals surface area contributed by atoms with Gasteiger partial charge >= 0.3 is 6.03 Å². The minimum atomic E-state index is -0.304. The molecule has 8 nitrogen and oxygen atoms in total. The van der Waals surface area contributed by atoms with Crippen molar-refractivity contribution in [1.82, 2.24) is 9.80 Å². The lowest BCUT2D eigenvalue weighted by atomic mass is 10.1. The van der Waals surface area contributed by atoms with Crippen LogP contribution in [-0.2, 0) is 29.0 Å². The average molecular weight is 536 g/mol. The van der Waals surface area contributed by atoms with Crippen LogP contribution in [0.4, 0.5) is 10.5 Å². The Hall–Kier alpha value is -3.56. The van der Waals surface area contributed by atoms with E-state index in [9.17, 15) is 9.59 Å². The highest BCUT2D eigenvalue weighted by molar-refractivity contribution is 7.09. The van der Waals surface area contributed by atoms with Gasteiger partial charge in [0.15, 0.2) is 11.5 Å². The van der Waals surface area contributed by atoms with E-state index in [1.165, 1.54) is 0 Å². The van der Waals surface area contributed by atoms with Crippen LogP contribution >= 0.6 is 11.3 Å². The lowest BCUT2D eigenvalue weighted by molar-refractivity contribution is -0.133. The number of ether oxygens (including phenoxy) is 3. The Morgan fingerprint density at radius 1 is 1.00 bits per heavy atom. The summed E-state index contributed by atoms with van der Waals surface area (Å²) in [6.45, 7) is 4.12. The Morgan fingerprint density at radius 2 is 1.89 bits per heavy atom. The number of benzene rings is 2. The Bertz CT molecular complexity index is 1240. The highest BCUT2D eigenvalue weighted by Gasteiger charge is 2.27. The predicted octanol–water partition coefficient (Wildman–Crippen LogP) is 5.28. The van der Waals surface area contributed by atoms with Gasteiger partial charge in [0, 0.05) is 30.3 Å². The van der Waals surface area contributed by atoms with Crippen LogP contribution in [0.15, 0.2) is 60.0 Å². The molecular formula is C29H33N3O5S. The number of carbonyl (C=O) groups excluding carboxylic acids is 2. The smallest absolute Gasteiger partial charge is 0.322 e. The summed E-state index contributed by atoms with van der Waals surface area (Å²) in [7, 11) is 0. The van der Waals surface area contributed by atoms with Gasteiger partial charge in [-0.05, 0) is 66.1 Å². The molecule has 1 N–H and O–H groups in total. The van der Waals surface area contributed by atoms with Crippen molar-refractivity contribution in [3.05, 3.63) is 76.0 Å². The van der Waals surface area contributed by atoms with Gasteiger partial charge in [0.25, 0.3) is 0 Å². The van der Waals surface area contributed by atoms with Gasteiger partial charge in [-0.1, -0.05) is 31.2 Å². The number of thiophene rings is 1. The third kappa shape index (κ3) is 6.65. The lowest BCUT2D eigenvalue weighted by Gasteiger charge is -2.29. The van der Waals surface area contributed by atoms with E-state index in [-0.39, 0.29) is 31.4 Å². The van der Waals surface area contributed by atoms with E-state index >= 15 is 0 Å². The number of nitrogens with zero attached hydrogens (tertiary/aromatic N) is 2. The second-order valence-electron chi connectivity index (χ2n) is 9.52. The SMILES string of the molecule is CCc1cccc(NC(=O)N(CC(=O)N(Cc2ccc3c(c2)OCO3)Cc2cccs2)C[C@@H]2CCCO2)c1. The molecule has 5 rings (SSSR count). The first kappa shape index (κ1) is 26.1. The second-order valence-corrected chi connectivity index (χ2v) is 10.5. The summed E-state index contributed by atoms with van der Waals surface area (Å²) in [6.07, 6.45) is 2.63. The summed E-state index contributed by atoms with van der Waals surface area (Å²) in [5.74, 6) is 1.25. The number of rotatable bonds is 10. The summed E-state index contributed by atoms with van der Waals surface area (Å²) in [5.41, 5.74) is 2.79. The molecule has 0 aliphatic carbocycles. The van der Waals surface area contributed by atoms with E-state index < -0.39 is 0 Å². The van der Waals surface area contributed by atoms with Crippen LogP contribution in [0.1, 0.15) is 35.8 Å². The van der Waals surface area contributed by atoms with Crippen LogP contribution < -0.4 is 14.8 Å². The molecular weight excluding hydrogens is 502 g/mol. The van der Waals surface area contributed by atoms with Gasteiger partial charge in [0.1, 0.15) is 6.54 Å². The Labute approximate surface area is 227 Å².